The first-order chi connectivity index (χ1) is 40.8. The third-order valence-corrected chi connectivity index (χ3v) is 17.3. The van der Waals surface area contributed by atoms with E-state index in [4.69, 9.17) is 4.74 Å². The van der Waals surface area contributed by atoms with E-state index >= 15 is 19.2 Å². The Hall–Kier alpha value is -6.17. The van der Waals surface area contributed by atoms with Gasteiger partial charge in [-0.1, -0.05) is 102 Å². The minimum Gasteiger partial charge on any atom is -0.390 e. The van der Waals surface area contributed by atoms with E-state index in [0.717, 1.165) is 9.80 Å². The molecule has 24 nitrogen and oxygen atoms in total. The smallest absolute Gasteiger partial charge is 0.247 e. The lowest BCUT2D eigenvalue weighted by Gasteiger charge is -2.41. The highest BCUT2D eigenvalue weighted by Crippen LogP contribution is 2.31. The zero-order chi connectivity index (χ0) is 67.8. The van der Waals surface area contributed by atoms with Crippen LogP contribution in [-0.4, -0.2) is 244 Å². The normalized spacial score (nSPS) is 28.0. The number of likely N-dealkylation sites (N-methyl/N-ethyl adjacent to an activating group) is 6. The van der Waals surface area contributed by atoms with E-state index in [-0.39, 0.29) is 56.7 Å². The van der Waals surface area contributed by atoms with Gasteiger partial charge in [-0.3, -0.25) is 52.7 Å². The predicted octanol–water partition coefficient (Wildman–Crippen LogP) is 3.34. The number of aliphatic hydroxyl groups is 1. The van der Waals surface area contributed by atoms with Gasteiger partial charge < -0.3 is 65.0 Å². The number of carbonyl (C=O) groups is 11. The molecule has 502 valence electrons. The second-order valence-electron chi connectivity index (χ2n) is 26.7. The number of rotatable bonds is 17. The van der Waals surface area contributed by atoms with Gasteiger partial charge in [0.25, 0.3) is 0 Å². The third-order valence-electron chi connectivity index (χ3n) is 17.3. The van der Waals surface area contributed by atoms with Gasteiger partial charge in [-0.05, 0) is 102 Å². The van der Waals surface area contributed by atoms with Crippen LogP contribution in [0.2, 0.25) is 0 Å². The second kappa shape index (κ2) is 34.7. The SMILES string of the molecule is C/C=C/C[C@@H](C)[C@@H](O)[C@H]1C(=O)N[C@@H](CC)C(=O)N(C)[C@H](C)C(=O)N2CN(C(=O)[C@@H]2[C@H](C)COCC)[C@@H](C(C)C)C(=O)N(C)[C@@H](CC(C)C)C(=O)N[C@@H](C)C(=O)N[C@H](C)C(=O)N(C)[C@@H](CC(C)C)C(=O)N(C)[C@@H](CC(C)C)C(=O)N(C)[C@@H](C(C)C)C(=O)N1C. The maximum absolute atomic E-state index is 15.2. The summed E-state index contributed by atoms with van der Waals surface area (Å²) in [7, 11) is 8.53. The van der Waals surface area contributed by atoms with E-state index in [9.17, 15) is 38.7 Å². The molecular formula is C64H113N11O13. The van der Waals surface area contributed by atoms with E-state index in [0.29, 0.717) is 13.0 Å². The molecule has 2 fully saturated rings. The zero-order valence-electron chi connectivity index (χ0n) is 57.7. The van der Waals surface area contributed by atoms with Crippen LogP contribution in [0, 0.1) is 41.4 Å². The molecule has 2 aliphatic heterocycles. The molecular weight excluding hydrogens is 1130 g/mol. The van der Waals surface area contributed by atoms with Crippen molar-refractivity contribution in [1.82, 2.24) is 55.1 Å². The molecule has 4 N–H and O–H groups in total. The van der Waals surface area contributed by atoms with Crippen molar-refractivity contribution in [1.29, 1.82) is 0 Å². The summed E-state index contributed by atoms with van der Waals surface area (Å²) in [6.45, 7) is 31.2. The second-order valence-corrected chi connectivity index (χ2v) is 26.7. The number of allylic oxidation sites excluding steroid dienone is 2. The number of hydrogen-bond donors (Lipinski definition) is 4. The highest BCUT2D eigenvalue weighted by atomic mass is 16.5. The Morgan fingerprint density at radius 1 is 0.489 bits per heavy atom. The van der Waals surface area contributed by atoms with Crippen molar-refractivity contribution in [2.45, 2.75) is 229 Å². The van der Waals surface area contributed by atoms with Gasteiger partial charge in [0.05, 0.1) is 19.4 Å². The predicted molar refractivity (Wildman–Crippen MR) is 337 cm³/mol. The molecule has 2 saturated heterocycles. The summed E-state index contributed by atoms with van der Waals surface area (Å²) < 4.78 is 5.77. The molecule has 88 heavy (non-hydrogen) atoms. The topological polar surface area (TPSA) is 279 Å². The maximum Gasteiger partial charge on any atom is 0.247 e. The molecule has 14 atom stereocenters. The molecule has 2 heterocycles. The van der Waals surface area contributed by atoms with Crippen molar-refractivity contribution < 1.29 is 62.6 Å². The average molecular weight is 1240 g/mol. The fraction of sp³-hybridized carbons (Fsp3) is 0.797. The van der Waals surface area contributed by atoms with Gasteiger partial charge in [-0.2, -0.15) is 0 Å². The van der Waals surface area contributed by atoms with Crippen LogP contribution in [0.15, 0.2) is 12.2 Å². The lowest BCUT2D eigenvalue weighted by Crippen LogP contribution is -2.64. The zero-order valence-corrected chi connectivity index (χ0v) is 57.7. The van der Waals surface area contributed by atoms with Crippen molar-refractivity contribution in [3.05, 3.63) is 12.2 Å². The summed E-state index contributed by atoms with van der Waals surface area (Å²) in [4.78, 5) is 173. The fourth-order valence-corrected chi connectivity index (χ4v) is 11.8. The molecule has 0 radical (unpaired) electrons. The molecule has 0 spiro atoms. The molecule has 0 aliphatic carbocycles. The van der Waals surface area contributed by atoms with Crippen LogP contribution in [-0.2, 0) is 57.5 Å². The minimum atomic E-state index is -1.63. The first-order valence-corrected chi connectivity index (χ1v) is 31.8. The lowest BCUT2D eigenvalue weighted by molar-refractivity contribution is -0.157. The highest BCUT2D eigenvalue weighted by Gasteiger charge is 2.52. The molecule has 2 rings (SSSR count). The van der Waals surface area contributed by atoms with Crippen LogP contribution in [0.3, 0.4) is 0 Å². The molecule has 24 heteroatoms. The molecule has 0 aromatic heterocycles. The Morgan fingerprint density at radius 2 is 0.932 bits per heavy atom. The Kier molecular flexibility index (Phi) is 30.7. The van der Waals surface area contributed by atoms with Gasteiger partial charge in [-0.15, -0.1) is 0 Å². The van der Waals surface area contributed by atoms with E-state index in [1.54, 1.807) is 68.4 Å². The van der Waals surface area contributed by atoms with Gasteiger partial charge >= 0.3 is 0 Å². The molecule has 0 aromatic rings. The van der Waals surface area contributed by atoms with Gasteiger partial charge in [0, 0.05) is 54.8 Å². The van der Waals surface area contributed by atoms with Crippen LogP contribution in [0.1, 0.15) is 157 Å². The standard InChI is InChI=1S/C64H113N11O13/c1-25-28-29-40(14)53(76)52-56(79)67-45(26-2)59(82)68(19)44(18)58(81)75-34-74(64(87)51(75)41(15)33-88-27-3)50(39(12)13)63(86)69(20)46(30-35(4)5)55(78)65-42(16)54(77)66-43(17)57(80)70(21)47(31-36(6)7)60(83)71(22)48(32-37(8)9)61(84)72(23)49(38(10)11)62(85)73(52)24/h25,28,35-53,76H,26-27,29-34H2,1-24H3,(H,65,78)(H,66,77)(H,67,79)/b28-25+/t40-,41-,42+,43-,44-,45+,46+,47+,48+,49+,50+,51+,52+,53-/m1/s1. The monoisotopic (exact) mass is 1240 g/mol. The third kappa shape index (κ3) is 19.4. The molecule has 2 bridgehead atoms. The van der Waals surface area contributed by atoms with Crippen LogP contribution >= 0.6 is 0 Å². The molecule has 0 unspecified atom stereocenters. The van der Waals surface area contributed by atoms with E-state index in [2.05, 4.69) is 16.0 Å². The van der Waals surface area contributed by atoms with Crippen molar-refractivity contribution in [3.8, 4) is 0 Å². The lowest BCUT2D eigenvalue weighted by atomic mass is 9.91. The van der Waals surface area contributed by atoms with Gasteiger partial charge in [-0.25, -0.2) is 0 Å². The number of nitrogens with one attached hydrogen (secondary N) is 3. The van der Waals surface area contributed by atoms with Crippen LogP contribution < -0.4 is 16.0 Å². The maximum atomic E-state index is 15.2. The summed E-state index contributed by atoms with van der Waals surface area (Å²) in [5.41, 5.74) is 0. The first-order valence-electron chi connectivity index (χ1n) is 31.8. The largest absolute Gasteiger partial charge is 0.390 e. The highest BCUT2D eigenvalue weighted by molar-refractivity contribution is 6.01. The van der Waals surface area contributed by atoms with Crippen molar-refractivity contribution >= 4 is 65.0 Å². The fourth-order valence-electron chi connectivity index (χ4n) is 11.8. The first kappa shape index (κ1) is 77.9. The summed E-state index contributed by atoms with van der Waals surface area (Å²) in [6.07, 6.45) is 2.81. The summed E-state index contributed by atoms with van der Waals surface area (Å²) in [5, 5.41) is 20.4. The van der Waals surface area contributed by atoms with Crippen molar-refractivity contribution in [2.75, 3.05) is 62.2 Å². The Morgan fingerprint density at radius 3 is 1.41 bits per heavy atom. The van der Waals surface area contributed by atoms with Crippen LogP contribution in [0.25, 0.3) is 0 Å². The van der Waals surface area contributed by atoms with Crippen LogP contribution in [0.4, 0.5) is 0 Å². The van der Waals surface area contributed by atoms with Gasteiger partial charge in [0.2, 0.25) is 65.0 Å². The number of amides is 11. The Bertz CT molecular complexity index is 2450. The Labute approximate surface area is 525 Å². The minimum absolute atomic E-state index is 0.00160. The summed E-state index contributed by atoms with van der Waals surface area (Å²) >= 11 is 0. The van der Waals surface area contributed by atoms with Gasteiger partial charge in [0.1, 0.15) is 66.5 Å². The molecule has 0 saturated carbocycles. The quantitative estimate of drug-likeness (QED) is 0.152. The van der Waals surface area contributed by atoms with E-state index < -0.39 is 161 Å². The average Bonchev–Trinajstić information content (AvgIpc) is 2.04. The number of ether oxygens (including phenoxy) is 1. The van der Waals surface area contributed by atoms with Gasteiger partial charge in [0.15, 0.2) is 0 Å². The summed E-state index contributed by atoms with van der Waals surface area (Å²) in [5.74, 6) is -10.3. The van der Waals surface area contributed by atoms with Crippen molar-refractivity contribution in [3.63, 3.8) is 0 Å². The number of hydrogen-bond acceptors (Lipinski definition) is 13. The van der Waals surface area contributed by atoms with E-state index in [1.807, 2.05) is 47.6 Å². The van der Waals surface area contributed by atoms with Crippen LogP contribution in [0.5, 0.6) is 0 Å². The number of nitrogens with zero attached hydrogens (tertiary/aromatic N) is 8. The number of carbonyl (C=O) groups excluding carboxylic acids is 11. The molecule has 0 aromatic carbocycles. The number of aliphatic hydroxyl groups excluding tert-OH is 1. The Balaban J connectivity index is 3.07. The molecule has 2 aliphatic rings. The van der Waals surface area contributed by atoms with Crippen molar-refractivity contribution in [2.24, 2.45) is 41.4 Å². The van der Waals surface area contributed by atoms with E-state index in [1.165, 1.54) is 92.5 Å². The molecule has 11 amide bonds. The summed E-state index contributed by atoms with van der Waals surface area (Å²) in [6, 6.07) is -13.8. The number of fused-ring (bicyclic) bond motifs is 2.